The molecule has 2 aliphatic carbocycles. The van der Waals surface area contributed by atoms with Crippen LogP contribution in [0.1, 0.15) is 32.8 Å². The van der Waals surface area contributed by atoms with E-state index < -0.39 is 15.8 Å². The van der Waals surface area contributed by atoms with Crippen molar-refractivity contribution in [3.05, 3.63) is 81.9 Å². The van der Waals surface area contributed by atoms with Gasteiger partial charge in [0.15, 0.2) is 5.58 Å². The summed E-state index contributed by atoms with van der Waals surface area (Å²) in [6.45, 7) is 8.24. The summed E-state index contributed by atoms with van der Waals surface area (Å²) >= 11 is 0. The predicted octanol–water partition coefficient (Wildman–Crippen LogP) is 5.42. The highest BCUT2D eigenvalue weighted by molar-refractivity contribution is 7.92. The van der Waals surface area contributed by atoms with Crippen LogP contribution in [0, 0.1) is 25.7 Å². The molecule has 1 N–H and O–H groups in total. The van der Waals surface area contributed by atoms with Crippen LogP contribution in [0.3, 0.4) is 0 Å². The Morgan fingerprint density at radius 2 is 1.81 bits per heavy atom. The van der Waals surface area contributed by atoms with Gasteiger partial charge in [0.25, 0.3) is 10.0 Å². The van der Waals surface area contributed by atoms with E-state index in [0.717, 1.165) is 16.7 Å². The number of hydrogen-bond donors (Lipinski definition) is 1. The predicted molar refractivity (Wildman–Crippen MR) is 129 cm³/mol. The first kappa shape index (κ1) is 22.1. The number of benzene rings is 2. The second-order valence-electron chi connectivity index (χ2n) is 8.23. The van der Waals surface area contributed by atoms with Crippen molar-refractivity contribution in [2.45, 2.75) is 45.6 Å². The van der Waals surface area contributed by atoms with Crippen molar-refractivity contribution in [1.29, 1.82) is 0 Å². The molecule has 2 aromatic carbocycles. The van der Waals surface area contributed by atoms with E-state index in [-0.39, 0.29) is 11.9 Å². The van der Waals surface area contributed by atoms with Gasteiger partial charge in [-0.15, -0.1) is 0 Å². The van der Waals surface area contributed by atoms with E-state index in [1.807, 2.05) is 33.8 Å². The van der Waals surface area contributed by atoms with Gasteiger partial charge in [-0.25, -0.2) is 13.2 Å². The standard InChI is InChI=1S/C23H22N2O4S.C2H6.H2/c1-14-7-15(2)9-19(8-14)24-30(27,28)20-5-6-21-22(12-20)29-23(26)25(21)13-16-3-4-17-11-18(17)10-16;1-2;/h3-10,12,17-18,24H,11,13H2,1-2H3;1-2H3;1H. The van der Waals surface area contributed by atoms with E-state index in [9.17, 15) is 13.2 Å². The lowest BCUT2D eigenvalue weighted by atomic mass is 10.1. The maximum absolute atomic E-state index is 12.9. The molecule has 6 nitrogen and oxygen atoms in total. The molecule has 32 heavy (non-hydrogen) atoms. The fraction of sp³-hybridized carbons (Fsp3) is 0.320. The van der Waals surface area contributed by atoms with Gasteiger partial charge in [0.2, 0.25) is 0 Å². The molecule has 0 saturated heterocycles. The van der Waals surface area contributed by atoms with E-state index in [1.54, 1.807) is 22.8 Å². The SMILES string of the molecule is CC.Cc1cc(C)cc(NS(=O)(=O)c2ccc3c(c2)oc(=O)n3CC2=CC3CC3C=C2)c1.[HH]. The molecule has 5 rings (SSSR count). The first-order chi connectivity index (χ1) is 15.3. The van der Waals surface area contributed by atoms with Crippen LogP contribution in [0.5, 0.6) is 0 Å². The van der Waals surface area contributed by atoms with Crippen molar-refractivity contribution >= 4 is 26.8 Å². The van der Waals surface area contributed by atoms with Crippen molar-refractivity contribution in [1.82, 2.24) is 4.57 Å². The quantitative estimate of drug-likeness (QED) is 0.558. The average molecular weight is 455 g/mol. The molecule has 0 amide bonds. The Morgan fingerprint density at radius 1 is 1.09 bits per heavy atom. The van der Waals surface area contributed by atoms with Gasteiger partial charge in [-0.3, -0.25) is 9.29 Å². The zero-order valence-electron chi connectivity index (χ0n) is 18.8. The number of nitrogens with zero attached hydrogens (tertiary/aromatic N) is 1. The van der Waals surface area contributed by atoms with Gasteiger partial charge in [-0.2, -0.15) is 0 Å². The molecule has 1 aromatic heterocycles. The molecule has 0 aliphatic heterocycles. The number of fused-ring (bicyclic) bond motifs is 2. The van der Waals surface area contributed by atoms with Crippen molar-refractivity contribution in [3.8, 4) is 0 Å². The Labute approximate surface area is 189 Å². The molecule has 1 heterocycles. The lowest BCUT2D eigenvalue weighted by Gasteiger charge is -2.10. The van der Waals surface area contributed by atoms with E-state index in [2.05, 4.69) is 23.0 Å². The number of oxazole rings is 1. The lowest BCUT2D eigenvalue weighted by Crippen LogP contribution is -2.15. The van der Waals surface area contributed by atoms with Crippen LogP contribution >= 0.6 is 0 Å². The Kier molecular flexibility index (Phi) is 5.86. The fourth-order valence-corrected chi connectivity index (χ4v) is 5.18. The summed E-state index contributed by atoms with van der Waals surface area (Å²) in [5, 5.41) is 0. The van der Waals surface area contributed by atoms with Gasteiger partial charge in [-0.05, 0) is 73.1 Å². The van der Waals surface area contributed by atoms with Crippen LogP contribution in [-0.2, 0) is 16.6 Å². The number of nitrogens with one attached hydrogen (secondary N) is 1. The monoisotopic (exact) mass is 454 g/mol. The molecule has 1 saturated carbocycles. The van der Waals surface area contributed by atoms with Crippen LogP contribution in [0.2, 0.25) is 0 Å². The van der Waals surface area contributed by atoms with Gasteiger partial charge < -0.3 is 4.42 Å². The molecular weight excluding hydrogens is 424 g/mol. The van der Waals surface area contributed by atoms with Crippen molar-refractivity contribution in [2.75, 3.05) is 4.72 Å². The minimum atomic E-state index is -3.81. The third-order valence-electron chi connectivity index (χ3n) is 5.64. The van der Waals surface area contributed by atoms with Crippen molar-refractivity contribution in [2.24, 2.45) is 11.8 Å². The Hall–Kier alpha value is -3.06. The van der Waals surface area contributed by atoms with E-state index in [4.69, 9.17) is 4.42 Å². The van der Waals surface area contributed by atoms with Crippen molar-refractivity contribution in [3.63, 3.8) is 0 Å². The van der Waals surface area contributed by atoms with Gasteiger partial charge in [-0.1, -0.05) is 38.1 Å². The second-order valence-corrected chi connectivity index (χ2v) is 9.91. The third-order valence-corrected chi connectivity index (χ3v) is 7.02. The minimum absolute atomic E-state index is 0. The number of allylic oxidation sites excluding steroid dienone is 4. The Bertz CT molecular complexity index is 1380. The van der Waals surface area contributed by atoms with Gasteiger partial charge in [0.05, 0.1) is 17.0 Å². The van der Waals surface area contributed by atoms with Gasteiger partial charge in [0, 0.05) is 13.2 Å². The van der Waals surface area contributed by atoms with Crippen LogP contribution in [0.15, 0.2) is 74.3 Å². The molecule has 2 aliphatic rings. The molecule has 0 spiro atoms. The Morgan fingerprint density at radius 3 is 2.50 bits per heavy atom. The highest BCUT2D eigenvalue weighted by atomic mass is 32.2. The summed E-state index contributed by atoms with van der Waals surface area (Å²) in [6, 6.07) is 10.1. The number of aryl methyl sites for hydroxylation is 2. The minimum Gasteiger partial charge on any atom is -0.408 e. The normalized spacial score (nSPS) is 19.1. The second kappa shape index (κ2) is 8.47. The fourth-order valence-electron chi connectivity index (χ4n) is 4.13. The average Bonchev–Trinajstić information content (AvgIpc) is 3.44. The number of anilines is 1. The summed E-state index contributed by atoms with van der Waals surface area (Å²) in [5.41, 5.74) is 4.35. The van der Waals surface area contributed by atoms with Crippen LogP contribution in [-0.4, -0.2) is 13.0 Å². The molecular formula is C25H30N2O4S. The topological polar surface area (TPSA) is 81.3 Å². The molecule has 0 bridgehead atoms. The smallest absolute Gasteiger partial charge is 0.408 e. The van der Waals surface area contributed by atoms with E-state index in [1.165, 1.54) is 18.6 Å². The van der Waals surface area contributed by atoms with Gasteiger partial charge in [0.1, 0.15) is 0 Å². The summed E-state index contributed by atoms with van der Waals surface area (Å²) < 4.78 is 35.2. The van der Waals surface area contributed by atoms with Crippen molar-refractivity contribution < 1.29 is 14.3 Å². The zero-order chi connectivity index (χ0) is 23.0. The summed E-state index contributed by atoms with van der Waals surface area (Å²) in [6.07, 6.45) is 7.64. The Balaban J connectivity index is 0.000000994. The van der Waals surface area contributed by atoms with E-state index in [0.29, 0.717) is 29.6 Å². The van der Waals surface area contributed by atoms with Crippen LogP contribution in [0.25, 0.3) is 11.1 Å². The first-order valence-corrected chi connectivity index (χ1v) is 12.4. The zero-order valence-corrected chi connectivity index (χ0v) is 19.6. The largest absolute Gasteiger partial charge is 0.420 e. The third kappa shape index (κ3) is 4.43. The molecule has 7 heteroatoms. The maximum atomic E-state index is 12.9. The highest BCUT2D eigenvalue weighted by Gasteiger charge is 2.35. The first-order valence-electron chi connectivity index (χ1n) is 10.9. The lowest BCUT2D eigenvalue weighted by molar-refractivity contribution is 0.516. The molecule has 170 valence electrons. The maximum Gasteiger partial charge on any atom is 0.420 e. The number of hydrogen-bond acceptors (Lipinski definition) is 4. The number of sulfonamides is 1. The highest BCUT2D eigenvalue weighted by Crippen LogP contribution is 2.44. The molecule has 1 fully saturated rings. The van der Waals surface area contributed by atoms with Crippen LogP contribution < -0.4 is 10.5 Å². The molecule has 3 aromatic rings. The summed E-state index contributed by atoms with van der Waals surface area (Å²) in [4.78, 5) is 12.5. The summed E-state index contributed by atoms with van der Waals surface area (Å²) in [5.74, 6) is 0.755. The number of rotatable bonds is 5. The van der Waals surface area contributed by atoms with Crippen LogP contribution in [0.4, 0.5) is 5.69 Å². The molecule has 0 radical (unpaired) electrons. The van der Waals surface area contributed by atoms with E-state index >= 15 is 0 Å². The molecule has 2 atom stereocenters. The molecule has 2 unspecified atom stereocenters. The van der Waals surface area contributed by atoms with Gasteiger partial charge >= 0.3 is 5.76 Å². The number of aromatic nitrogens is 1. The summed E-state index contributed by atoms with van der Waals surface area (Å²) in [7, 11) is -3.81.